The number of nitrogens with zero attached hydrogens (tertiary/aromatic N) is 9. The maximum Gasteiger partial charge on any atom is 0.256 e. The van der Waals surface area contributed by atoms with E-state index in [-0.39, 0.29) is 55.0 Å². The van der Waals surface area contributed by atoms with Gasteiger partial charge >= 0.3 is 0 Å². The Morgan fingerprint density at radius 3 is 1.58 bits per heavy atom. The Morgan fingerprint density at radius 2 is 1.12 bits per heavy atom. The van der Waals surface area contributed by atoms with Gasteiger partial charge in [0.15, 0.2) is 0 Å². The standard InChI is InChI=1S/C25H26ClN7O2.C21H21ClN6O3S/c26-21-8-15-7-19(6-14(15)4-18(21)13-34)31-23-20(24(35)29-10-22-27-2-1-3-28-22)9-30-25(32-23)33-11-16-5-17(16)12-33;1-32(31)21-26-9-16(20(30)25-10-18-23-3-2-4-24-18)19(28-21)27-15-6-12-5-14(11-29)17(22)8-13(12)7-15/h1-4,8-9,16-17,19,34H,5-7,10-13H2,(H,29,35)(H,30,31,32);2-5,8-9,15,29H,6-7,10-11H2,1H3,(H,25,30)(H,26,27,28). The Labute approximate surface area is 398 Å². The molecule has 5 heterocycles. The van der Waals surface area contributed by atoms with Crippen molar-refractivity contribution in [2.24, 2.45) is 11.8 Å². The first-order valence-corrected chi connectivity index (χ1v) is 24.1. The van der Waals surface area contributed by atoms with Crippen molar-refractivity contribution in [1.82, 2.24) is 50.5 Å². The summed E-state index contributed by atoms with van der Waals surface area (Å²) in [6.07, 6.45) is 15.1. The van der Waals surface area contributed by atoms with Crippen LogP contribution in [0.5, 0.6) is 0 Å². The topological polar surface area (TPSA) is 246 Å². The second-order valence-corrected chi connectivity index (χ2v) is 19.0. The molecule has 1 aliphatic heterocycles. The fourth-order valence-electron chi connectivity index (χ4n) is 8.71. The molecule has 4 aromatic heterocycles. The van der Waals surface area contributed by atoms with Crippen LogP contribution in [-0.4, -0.2) is 97.5 Å². The van der Waals surface area contributed by atoms with Gasteiger partial charge in [-0.3, -0.25) is 13.8 Å². The summed E-state index contributed by atoms with van der Waals surface area (Å²) in [5.41, 5.74) is 6.48. The molecule has 1 saturated heterocycles. The maximum atomic E-state index is 13.1. The van der Waals surface area contributed by atoms with Crippen LogP contribution in [0.4, 0.5) is 17.6 Å². The molecule has 10 rings (SSSR count). The number of carbonyl (C=O) groups is 2. The molecule has 67 heavy (non-hydrogen) atoms. The predicted molar refractivity (Wildman–Crippen MR) is 251 cm³/mol. The Kier molecular flexibility index (Phi) is 13.9. The molecule has 0 spiro atoms. The number of anilines is 3. The zero-order chi connectivity index (χ0) is 46.6. The predicted octanol–water partition coefficient (Wildman–Crippen LogP) is 4.04. The van der Waals surface area contributed by atoms with Crippen molar-refractivity contribution in [3.63, 3.8) is 0 Å². The molecule has 6 N–H and O–H groups in total. The average molecular weight is 965 g/mol. The van der Waals surface area contributed by atoms with E-state index in [1.807, 2.05) is 24.3 Å². The van der Waals surface area contributed by atoms with Crippen LogP contribution >= 0.6 is 23.2 Å². The lowest BCUT2D eigenvalue weighted by atomic mass is 10.1. The summed E-state index contributed by atoms with van der Waals surface area (Å²) in [5, 5.41) is 32.7. The first-order chi connectivity index (χ1) is 32.5. The normalized spacial score (nSPS) is 19.0. The summed E-state index contributed by atoms with van der Waals surface area (Å²) in [6.45, 7) is 2.09. The SMILES string of the molecule is CS(=O)c1ncc(C(=O)NCc2ncccn2)c(NC2Cc3cc(Cl)c(CO)cc3C2)n1.O=C(NCc1ncccn1)c1cnc(N2CC3CC3C2)nc1NC1Cc2cc(Cl)c(CO)cc2C1. The van der Waals surface area contributed by atoms with Crippen molar-refractivity contribution >= 4 is 63.4 Å². The van der Waals surface area contributed by atoms with Gasteiger partial charge in [-0.2, -0.15) is 4.98 Å². The molecule has 18 nitrogen and oxygen atoms in total. The van der Waals surface area contributed by atoms with Crippen molar-refractivity contribution < 1.29 is 24.0 Å². The van der Waals surface area contributed by atoms with E-state index in [9.17, 15) is 24.0 Å². The van der Waals surface area contributed by atoms with Gasteiger partial charge in [-0.05, 0) is 102 Å². The largest absolute Gasteiger partial charge is 0.392 e. The number of aromatic nitrogens is 8. The number of fused-ring (bicyclic) bond motifs is 3. The minimum Gasteiger partial charge on any atom is -0.392 e. The van der Waals surface area contributed by atoms with Gasteiger partial charge in [-0.1, -0.05) is 35.3 Å². The van der Waals surface area contributed by atoms with Gasteiger partial charge in [0.2, 0.25) is 11.1 Å². The second-order valence-electron chi connectivity index (χ2n) is 16.9. The monoisotopic (exact) mass is 963 g/mol. The van der Waals surface area contributed by atoms with Gasteiger partial charge < -0.3 is 36.4 Å². The van der Waals surface area contributed by atoms with Crippen molar-refractivity contribution in [3.05, 3.63) is 140 Å². The molecule has 0 radical (unpaired) electrons. The number of amides is 2. The molecule has 2 fully saturated rings. The van der Waals surface area contributed by atoms with Crippen molar-refractivity contribution in [2.75, 3.05) is 34.9 Å². The van der Waals surface area contributed by atoms with Crippen LogP contribution in [0, 0.1) is 11.8 Å². The summed E-state index contributed by atoms with van der Waals surface area (Å²) >= 11 is 12.5. The minimum atomic E-state index is -1.40. The smallest absolute Gasteiger partial charge is 0.256 e. The van der Waals surface area contributed by atoms with E-state index >= 15 is 0 Å². The lowest BCUT2D eigenvalue weighted by Gasteiger charge is -2.21. The second kappa shape index (κ2) is 20.3. The Balaban J connectivity index is 0.000000169. The molecule has 5 unspecified atom stereocenters. The molecule has 5 atom stereocenters. The van der Waals surface area contributed by atoms with Gasteiger partial charge in [0.25, 0.3) is 11.8 Å². The molecular formula is C46H47Cl2N13O5S. The number of hydrogen-bond donors (Lipinski definition) is 6. The Bertz CT molecular complexity index is 2820. The van der Waals surface area contributed by atoms with Gasteiger partial charge in [0.05, 0.1) is 37.1 Å². The molecule has 21 heteroatoms. The quantitative estimate of drug-likeness (QED) is 0.0844. The first-order valence-electron chi connectivity index (χ1n) is 21.8. The van der Waals surface area contributed by atoms with Crippen LogP contribution in [0.15, 0.2) is 78.7 Å². The molecular weight excluding hydrogens is 918 g/mol. The highest BCUT2D eigenvalue weighted by molar-refractivity contribution is 7.84. The van der Waals surface area contributed by atoms with Crippen LogP contribution in [0.25, 0.3) is 0 Å². The van der Waals surface area contributed by atoms with E-state index in [0.717, 1.165) is 65.6 Å². The van der Waals surface area contributed by atoms with Gasteiger partial charge in [0, 0.05) is 78.7 Å². The summed E-state index contributed by atoms with van der Waals surface area (Å²) in [7, 11) is -1.40. The number of hydrogen-bond acceptors (Lipinski definition) is 16. The molecule has 3 aliphatic carbocycles. The van der Waals surface area contributed by atoms with Gasteiger partial charge in [-0.25, -0.2) is 34.9 Å². The number of nitrogens with one attached hydrogen (secondary N) is 4. The fourth-order valence-corrected chi connectivity index (χ4v) is 9.63. The molecule has 1 saturated carbocycles. The van der Waals surface area contributed by atoms with Gasteiger partial charge in [0.1, 0.15) is 34.4 Å². The molecule has 0 bridgehead atoms. The number of rotatable bonds is 14. The molecule has 346 valence electrons. The summed E-state index contributed by atoms with van der Waals surface area (Å²) in [6, 6.07) is 11.1. The lowest BCUT2D eigenvalue weighted by Crippen LogP contribution is -2.30. The lowest BCUT2D eigenvalue weighted by molar-refractivity contribution is 0.0941. The third-order valence-electron chi connectivity index (χ3n) is 12.2. The summed E-state index contributed by atoms with van der Waals surface area (Å²) in [4.78, 5) is 62.4. The third-order valence-corrected chi connectivity index (χ3v) is 13.6. The van der Waals surface area contributed by atoms with Crippen molar-refractivity contribution in [2.45, 2.75) is 75.6 Å². The van der Waals surface area contributed by atoms with Crippen molar-refractivity contribution in [3.8, 4) is 0 Å². The van der Waals surface area contributed by atoms with Crippen LogP contribution in [0.1, 0.15) is 72.2 Å². The zero-order valence-corrected chi connectivity index (χ0v) is 38.7. The van der Waals surface area contributed by atoms with Crippen molar-refractivity contribution in [1.29, 1.82) is 0 Å². The number of halogens is 2. The van der Waals surface area contributed by atoms with E-state index < -0.39 is 16.7 Å². The summed E-state index contributed by atoms with van der Waals surface area (Å²) in [5.74, 6) is 3.32. The molecule has 4 aliphatic rings. The van der Waals surface area contributed by atoms with E-state index in [1.165, 1.54) is 18.9 Å². The molecule has 6 aromatic rings. The molecule has 2 amide bonds. The van der Waals surface area contributed by atoms with Crippen LogP contribution < -0.4 is 26.2 Å². The fraction of sp³-hybridized carbons (Fsp3) is 0.348. The number of carbonyl (C=O) groups excluding carboxylic acids is 2. The first kappa shape index (κ1) is 45.9. The highest BCUT2D eigenvalue weighted by atomic mass is 35.5. The third kappa shape index (κ3) is 10.8. The maximum absolute atomic E-state index is 13.1. The Morgan fingerprint density at radius 1 is 0.672 bits per heavy atom. The van der Waals surface area contributed by atoms with E-state index in [2.05, 4.69) is 61.1 Å². The van der Waals surface area contributed by atoms with Gasteiger partial charge in [-0.15, -0.1) is 0 Å². The number of aliphatic hydroxyl groups is 2. The van der Waals surface area contributed by atoms with Crippen LogP contribution in [0.2, 0.25) is 10.0 Å². The highest BCUT2D eigenvalue weighted by Gasteiger charge is 2.46. The van der Waals surface area contributed by atoms with E-state index in [1.54, 1.807) is 43.1 Å². The Hall–Kier alpha value is -6.25. The highest BCUT2D eigenvalue weighted by Crippen LogP contribution is 2.46. The molecule has 2 aromatic carbocycles. The minimum absolute atomic E-state index is 0.0490. The van der Waals surface area contributed by atoms with Crippen LogP contribution in [0.3, 0.4) is 0 Å². The summed E-state index contributed by atoms with van der Waals surface area (Å²) < 4.78 is 11.9. The van der Waals surface area contributed by atoms with E-state index in [4.69, 9.17) is 28.2 Å². The van der Waals surface area contributed by atoms with Crippen LogP contribution in [-0.2, 0) is 62.8 Å². The number of aliphatic hydroxyl groups excluding tert-OH is 2. The average Bonchev–Trinajstić information content (AvgIpc) is 3.57. The zero-order valence-electron chi connectivity index (χ0n) is 36.3. The number of piperidine rings is 1. The number of benzene rings is 2. The van der Waals surface area contributed by atoms with E-state index in [0.29, 0.717) is 63.2 Å².